The second-order valence-corrected chi connectivity index (χ2v) is 8.15. The lowest BCUT2D eigenvalue weighted by Crippen LogP contribution is -2.38. The maximum absolute atomic E-state index is 10.7. The minimum absolute atomic E-state index is 0.257. The molecule has 2 saturated carbocycles. The third kappa shape index (κ3) is 2.34. The first-order valence-electron chi connectivity index (χ1n) is 6.37. The monoisotopic (exact) mass is 257 g/mol. The van der Waals surface area contributed by atoms with Gasteiger partial charge < -0.3 is 10.8 Å². The molecule has 3 nitrogen and oxygen atoms in total. The van der Waals surface area contributed by atoms with Crippen molar-refractivity contribution in [3.8, 4) is 0 Å². The van der Waals surface area contributed by atoms with Gasteiger partial charge in [0.15, 0.2) is 0 Å². The number of carboxylic acid groups (broad SMARTS) is 1. The van der Waals surface area contributed by atoms with Crippen molar-refractivity contribution in [2.24, 2.45) is 23.0 Å². The lowest BCUT2D eigenvalue weighted by atomic mass is 9.73. The van der Waals surface area contributed by atoms with E-state index in [2.05, 4.69) is 20.8 Å². The molecule has 0 aromatic rings. The van der Waals surface area contributed by atoms with Crippen molar-refractivity contribution >= 4 is 17.7 Å². The van der Waals surface area contributed by atoms with Crippen LogP contribution < -0.4 is 5.73 Å². The molecule has 4 heteroatoms. The van der Waals surface area contributed by atoms with Crippen LogP contribution in [-0.4, -0.2) is 27.6 Å². The Balaban J connectivity index is 1.93. The Bertz CT molecular complexity index is 331. The van der Waals surface area contributed by atoms with Crippen LogP contribution in [0.2, 0.25) is 0 Å². The second kappa shape index (κ2) is 4.16. The molecule has 3 unspecified atom stereocenters. The van der Waals surface area contributed by atoms with Crippen molar-refractivity contribution in [3.63, 3.8) is 0 Å². The fraction of sp³-hybridized carbons (Fsp3) is 0.923. The Hall–Kier alpha value is -0.220. The van der Waals surface area contributed by atoms with Gasteiger partial charge >= 0.3 is 5.97 Å². The summed E-state index contributed by atoms with van der Waals surface area (Å²) in [6, 6.07) is -0.719. The van der Waals surface area contributed by atoms with Gasteiger partial charge in [0.1, 0.15) is 6.04 Å². The fourth-order valence-electron chi connectivity index (χ4n) is 3.56. The number of thioether (sulfide) groups is 1. The molecule has 17 heavy (non-hydrogen) atoms. The molecule has 2 bridgehead atoms. The van der Waals surface area contributed by atoms with Gasteiger partial charge in [-0.15, -0.1) is 0 Å². The predicted molar refractivity (Wildman–Crippen MR) is 71.1 cm³/mol. The molecule has 0 amide bonds. The van der Waals surface area contributed by atoms with Crippen molar-refractivity contribution in [3.05, 3.63) is 0 Å². The van der Waals surface area contributed by atoms with Gasteiger partial charge in [-0.2, -0.15) is 11.8 Å². The van der Waals surface area contributed by atoms with Gasteiger partial charge in [0.05, 0.1) is 0 Å². The number of hydrogen-bond donors (Lipinski definition) is 2. The van der Waals surface area contributed by atoms with Crippen LogP contribution in [0.25, 0.3) is 0 Å². The van der Waals surface area contributed by atoms with Crippen LogP contribution in [0.15, 0.2) is 0 Å². The van der Waals surface area contributed by atoms with E-state index in [9.17, 15) is 4.79 Å². The Kier molecular flexibility index (Phi) is 3.24. The maximum atomic E-state index is 10.7. The molecule has 2 aliphatic rings. The van der Waals surface area contributed by atoms with E-state index in [4.69, 9.17) is 10.8 Å². The number of aliphatic carboxylic acids is 1. The summed E-state index contributed by atoms with van der Waals surface area (Å²) in [7, 11) is 0. The zero-order valence-electron chi connectivity index (χ0n) is 10.9. The first-order chi connectivity index (χ1) is 7.74. The normalized spacial score (nSPS) is 40.5. The van der Waals surface area contributed by atoms with Gasteiger partial charge in [0.2, 0.25) is 0 Å². The van der Waals surface area contributed by atoms with Crippen LogP contribution in [0.1, 0.15) is 40.0 Å². The molecule has 0 saturated heterocycles. The molecule has 3 N–H and O–H groups in total. The Labute approximate surface area is 108 Å². The molecule has 2 rings (SSSR count). The van der Waals surface area contributed by atoms with Crippen molar-refractivity contribution in [1.82, 2.24) is 0 Å². The molecule has 4 atom stereocenters. The summed E-state index contributed by atoms with van der Waals surface area (Å²) < 4.78 is 0.257. The summed E-state index contributed by atoms with van der Waals surface area (Å²) in [6.45, 7) is 7.03. The average Bonchev–Trinajstić information content (AvgIpc) is 2.67. The van der Waals surface area contributed by atoms with Gasteiger partial charge in [-0.1, -0.05) is 20.8 Å². The Morgan fingerprint density at radius 3 is 2.47 bits per heavy atom. The van der Waals surface area contributed by atoms with Crippen molar-refractivity contribution in [1.29, 1.82) is 0 Å². The summed E-state index contributed by atoms with van der Waals surface area (Å²) in [5.74, 6) is 1.21. The van der Waals surface area contributed by atoms with E-state index in [1.54, 1.807) is 11.8 Å². The first-order valence-corrected chi connectivity index (χ1v) is 7.35. The minimum atomic E-state index is -0.885. The number of carbonyl (C=O) groups is 1. The lowest BCUT2D eigenvalue weighted by molar-refractivity contribution is -0.137. The van der Waals surface area contributed by atoms with E-state index < -0.39 is 12.0 Å². The van der Waals surface area contributed by atoms with Gasteiger partial charge in [-0.05, 0) is 36.5 Å². The highest BCUT2D eigenvalue weighted by Crippen LogP contribution is 2.63. The first kappa shape index (κ1) is 13.2. The fourth-order valence-corrected chi connectivity index (χ4v) is 4.99. The predicted octanol–water partition coefficient (Wildman–Crippen LogP) is 2.35. The number of rotatable bonds is 4. The van der Waals surface area contributed by atoms with Gasteiger partial charge in [-0.3, -0.25) is 4.79 Å². The third-order valence-electron chi connectivity index (χ3n) is 4.87. The quantitative estimate of drug-likeness (QED) is 0.811. The van der Waals surface area contributed by atoms with E-state index in [1.807, 2.05) is 0 Å². The van der Waals surface area contributed by atoms with E-state index in [0.717, 1.165) is 11.8 Å². The number of fused-ring (bicyclic) bond motifs is 2. The molecular weight excluding hydrogens is 234 g/mol. The molecule has 0 spiro atoms. The largest absolute Gasteiger partial charge is 0.480 e. The van der Waals surface area contributed by atoms with Gasteiger partial charge in [0, 0.05) is 10.5 Å². The standard InChI is InChI=1S/C13H23NO2S/c1-12(2)5-9-4-8(12)6-13(9,3)17-7-10(14)11(15)16/h8-10H,4-7,14H2,1-3H3,(H,15,16)/t8?,9?,10-,13?/m0/s1. The highest BCUT2D eigenvalue weighted by molar-refractivity contribution is 8.00. The van der Waals surface area contributed by atoms with Crippen LogP contribution in [-0.2, 0) is 4.79 Å². The van der Waals surface area contributed by atoms with E-state index >= 15 is 0 Å². The van der Waals surface area contributed by atoms with E-state index in [1.165, 1.54) is 19.3 Å². The molecule has 0 aromatic carbocycles. The smallest absolute Gasteiger partial charge is 0.321 e. The van der Waals surface area contributed by atoms with E-state index in [-0.39, 0.29) is 4.75 Å². The molecule has 2 aliphatic carbocycles. The molecular formula is C13H23NO2S. The van der Waals surface area contributed by atoms with Gasteiger partial charge in [-0.25, -0.2) is 0 Å². The molecule has 0 aliphatic heterocycles. The highest BCUT2D eigenvalue weighted by atomic mass is 32.2. The lowest BCUT2D eigenvalue weighted by Gasteiger charge is -2.40. The molecule has 0 aromatic heterocycles. The van der Waals surface area contributed by atoms with Crippen LogP contribution in [0.5, 0.6) is 0 Å². The molecule has 0 heterocycles. The second-order valence-electron chi connectivity index (χ2n) is 6.59. The maximum Gasteiger partial charge on any atom is 0.321 e. The minimum Gasteiger partial charge on any atom is -0.480 e. The van der Waals surface area contributed by atoms with Gasteiger partial charge in [0.25, 0.3) is 0 Å². The van der Waals surface area contributed by atoms with Crippen LogP contribution in [0.3, 0.4) is 0 Å². The summed E-state index contributed by atoms with van der Waals surface area (Å²) in [5, 5.41) is 8.82. The number of carboxylic acids is 1. The van der Waals surface area contributed by atoms with Crippen molar-refractivity contribution in [2.45, 2.75) is 50.8 Å². The van der Waals surface area contributed by atoms with Crippen LogP contribution in [0.4, 0.5) is 0 Å². The van der Waals surface area contributed by atoms with Crippen LogP contribution in [0, 0.1) is 17.3 Å². The third-order valence-corrected chi connectivity index (χ3v) is 6.56. The Morgan fingerprint density at radius 2 is 2.06 bits per heavy atom. The molecule has 2 fully saturated rings. The molecule has 0 radical (unpaired) electrons. The SMILES string of the molecule is CC1(C)CC2CC1CC2(C)SC[C@H](N)C(=O)O. The number of hydrogen-bond acceptors (Lipinski definition) is 3. The van der Waals surface area contributed by atoms with Crippen LogP contribution >= 0.6 is 11.8 Å². The highest BCUT2D eigenvalue weighted by Gasteiger charge is 2.55. The zero-order chi connectivity index (χ0) is 12.8. The summed E-state index contributed by atoms with van der Waals surface area (Å²) in [4.78, 5) is 10.7. The summed E-state index contributed by atoms with van der Waals surface area (Å²) in [6.07, 6.45) is 3.82. The zero-order valence-corrected chi connectivity index (χ0v) is 11.7. The number of nitrogens with two attached hydrogens (primary N) is 1. The molecule has 98 valence electrons. The Morgan fingerprint density at radius 1 is 1.41 bits per heavy atom. The van der Waals surface area contributed by atoms with Crippen molar-refractivity contribution in [2.75, 3.05) is 5.75 Å². The van der Waals surface area contributed by atoms with E-state index in [0.29, 0.717) is 11.2 Å². The summed E-state index contributed by atoms with van der Waals surface area (Å²) in [5.41, 5.74) is 6.07. The van der Waals surface area contributed by atoms with Crippen molar-refractivity contribution < 1.29 is 9.90 Å². The topological polar surface area (TPSA) is 63.3 Å². The average molecular weight is 257 g/mol. The summed E-state index contributed by atoms with van der Waals surface area (Å²) >= 11 is 1.78.